The maximum Gasteiger partial charge on any atom is 0.407 e. The zero-order valence-electron chi connectivity index (χ0n) is 11.8. The van der Waals surface area contributed by atoms with Crippen molar-refractivity contribution in [1.82, 2.24) is 10.2 Å². The smallest absolute Gasteiger partial charge is 0.407 e. The predicted molar refractivity (Wildman–Crippen MR) is 68.9 cm³/mol. The number of fused-ring (bicyclic) bond motifs is 1. The van der Waals surface area contributed by atoms with Crippen LogP contribution in [0.4, 0.5) is 4.79 Å². The summed E-state index contributed by atoms with van der Waals surface area (Å²) in [5.74, 6) is -1.16. The second-order valence-electron chi connectivity index (χ2n) is 5.76. The monoisotopic (exact) mass is 284 g/mol. The lowest BCUT2D eigenvalue weighted by molar-refractivity contribution is -0.150. The predicted octanol–water partition coefficient (Wildman–Crippen LogP) is 0.441. The SMILES string of the molecule is COC(=O)N[C@H](C(=O)N1C2CC2C[C@H]1C(=O)O)C(C)C. The molecular formula is C13H20N2O5. The molecule has 2 fully saturated rings. The fraction of sp³-hybridized carbons (Fsp3) is 0.769. The molecule has 2 rings (SSSR count). The lowest BCUT2D eigenvalue weighted by Crippen LogP contribution is -2.54. The van der Waals surface area contributed by atoms with Crippen LogP contribution in [-0.4, -0.2) is 53.2 Å². The molecular weight excluding hydrogens is 264 g/mol. The lowest BCUT2D eigenvalue weighted by Gasteiger charge is -2.30. The largest absolute Gasteiger partial charge is 0.480 e. The van der Waals surface area contributed by atoms with Crippen molar-refractivity contribution >= 4 is 18.0 Å². The van der Waals surface area contributed by atoms with E-state index in [1.807, 2.05) is 0 Å². The third-order valence-electron chi connectivity index (χ3n) is 4.04. The van der Waals surface area contributed by atoms with Crippen molar-refractivity contribution in [3.63, 3.8) is 0 Å². The van der Waals surface area contributed by atoms with Crippen molar-refractivity contribution in [3.05, 3.63) is 0 Å². The number of hydrogen-bond acceptors (Lipinski definition) is 4. The van der Waals surface area contributed by atoms with Gasteiger partial charge in [-0.25, -0.2) is 9.59 Å². The van der Waals surface area contributed by atoms with Crippen LogP contribution >= 0.6 is 0 Å². The average molecular weight is 284 g/mol. The fourth-order valence-electron chi connectivity index (χ4n) is 2.85. The Morgan fingerprint density at radius 1 is 1.30 bits per heavy atom. The summed E-state index contributed by atoms with van der Waals surface area (Å²) < 4.78 is 4.52. The Morgan fingerprint density at radius 3 is 2.45 bits per heavy atom. The molecule has 1 heterocycles. The number of carbonyl (C=O) groups is 3. The van der Waals surface area contributed by atoms with Gasteiger partial charge in [0.1, 0.15) is 12.1 Å². The Labute approximate surface area is 117 Å². The van der Waals surface area contributed by atoms with Gasteiger partial charge >= 0.3 is 12.1 Å². The second-order valence-corrected chi connectivity index (χ2v) is 5.76. The summed E-state index contributed by atoms with van der Waals surface area (Å²) in [6, 6.07) is -1.51. The Balaban J connectivity index is 2.14. The van der Waals surface area contributed by atoms with E-state index in [1.165, 1.54) is 12.0 Å². The molecule has 0 bridgehead atoms. The molecule has 2 unspecified atom stereocenters. The first-order valence-corrected chi connectivity index (χ1v) is 6.76. The quantitative estimate of drug-likeness (QED) is 0.781. The summed E-state index contributed by atoms with van der Waals surface area (Å²) in [5.41, 5.74) is 0. The number of aliphatic carboxylic acids is 1. The van der Waals surface area contributed by atoms with Crippen LogP contribution < -0.4 is 5.32 Å². The van der Waals surface area contributed by atoms with Gasteiger partial charge in [0.15, 0.2) is 0 Å². The number of alkyl carbamates (subject to hydrolysis) is 1. The molecule has 4 atom stereocenters. The lowest BCUT2D eigenvalue weighted by atomic mass is 10.0. The van der Waals surface area contributed by atoms with Gasteiger partial charge in [0, 0.05) is 6.04 Å². The minimum Gasteiger partial charge on any atom is -0.480 e. The van der Waals surface area contributed by atoms with Crippen molar-refractivity contribution < 1.29 is 24.2 Å². The highest BCUT2D eigenvalue weighted by Gasteiger charge is 2.57. The highest BCUT2D eigenvalue weighted by Crippen LogP contribution is 2.48. The number of carbonyl (C=O) groups excluding carboxylic acids is 2. The molecule has 1 aliphatic carbocycles. The van der Waals surface area contributed by atoms with Gasteiger partial charge in [-0.2, -0.15) is 0 Å². The number of ether oxygens (including phenoxy) is 1. The van der Waals surface area contributed by atoms with Crippen molar-refractivity contribution in [2.45, 2.75) is 44.8 Å². The summed E-state index contributed by atoms with van der Waals surface area (Å²) >= 11 is 0. The highest BCUT2D eigenvalue weighted by molar-refractivity contribution is 5.90. The van der Waals surface area contributed by atoms with Crippen LogP contribution in [0.1, 0.15) is 26.7 Å². The molecule has 0 aromatic carbocycles. The van der Waals surface area contributed by atoms with Crippen LogP contribution in [0, 0.1) is 11.8 Å². The molecule has 1 saturated carbocycles. The van der Waals surface area contributed by atoms with Gasteiger partial charge in [-0.05, 0) is 24.7 Å². The summed E-state index contributed by atoms with van der Waals surface area (Å²) in [7, 11) is 1.23. The molecule has 0 aromatic rings. The van der Waals surface area contributed by atoms with Crippen LogP contribution in [0.2, 0.25) is 0 Å². The maximum atomic E-state index is 12.6. The molecule has 20 heavy (non-hydrogen) atoms. The number of nitrogens with one attached hydrogen (secondary N) is 1. The fourth-order valence-corrected chi connectivity index (χ4v) is 2.85. The van der Waals surface area contributed by atoms with E-state index in [0.717, 1.165) is 6.42 Å². The average Bonchev–Trinajstić information content (AvgIpc) is 3.05. The van der Waals surface area contributed by atoms with Gasteiger partial charge in [-0.15, -0.1) is 0 Å². The van der Waals surface area contributed by atoms with Crippen molar-refractivity contribution in [1.29, 1.82) is 0 Å². The first-order valence-electron chi connectivity index (χ1n) is 6.76. The number of carboxylic acids is 1. The van der Waals surface area contributed by atoms with E-state index in [2.05, 4.69) is 10.1 Å². The van der Waals surface area contributed by atoms with Gasteiger partial charge < -0.3 is 20.1 Å². The first kappa shape index (κ1) is 14.6. The maximum absolute atomic E-state index is 12.6. The van der Waals surface area contributed by atoms with Crippen LogP contribution in [0.25, 0.3) is 0 Å². The van der Waals surface area contributed by atoms with E-state index in [9.17, 15) is 19.5 Å². The molecule has 0 aromatic heterocycles. The van der Waals surface area contributed by atoms with Crippen LogP contribution in [0.5, 0.6) is 0 Å². The van der Waals surface area contributed by atoms with E-state index >= 15 is 0 Å². The first-order chi connectivity index (χ1) is 9.36. The number of piperidine rings is 1. The number of nitrogens with zero attached hydrogens (tertiary/aromatic N) is 1. The van der Waals surface area contributed by atoms with Gasteiger partial charge in [-0.3, -0.25) is 4.79 Å². The Kier molecular flexibility index (Phi) is 3.87. The Bertz CT molecular complexity index is 436. The van der Waals surface area contributed by atoms with Crippen molar-refractivity contribution in [2.24, 2.45) is 11.8 Å². The molecule has 0 spiro atoms. The molecule has 0 radical (unpaired) electrons. The number of carboxylic acid groups (broad SMARTS) is 1. The number of likely N-dealkylation sites (tertiary alicyclic amines) is 1. The van der Waals surface area contributed by atoms with Gasteiger partial charge in [0.25, 0.3) is 0 Å². The Hall–Kier alpha value is -1.79. The number of amides is 2. The standard InChI is InChI=1S/C13H20N2O5/c1-6(2)10(14-13(19)20-3)11(16)15-8-4-7(8)5-9(15)12(17)18/h6-10H,4-5H2,1-3H3,(H,14,19)(H,17,18)/t7?,8?,9-,10-/m0/s1. The second kappa shape index (κ2) is 5.30. The van der Waals surface area contributed by atoms with Crippen molar-refractivity contribution in [3.8, 4) is 0 Å². The molecule has 1 aliphatic heterocycles. The van der Waals surface area contributed by atoms with Crippen LogP contribution in [0.3, 0.4) is 0 Å². The van der Waals surface area contributed by atoms with Gasteiger partial charge in [-0.1, -0.05) is 13.8 Å². The van der Waals surface area contributed by atoms with Gasteiger partial charge in [0.05, 0.1) is 7.11 Å². The summed E-state index contributed by atoms with van der Waals surface area (Å²) in [5, 5.41) is 11.7. The third kappa shape index (κ3) is 2.57. The molecule has 112 valence electrons. The number of hydrogen-bond donors (Lipinski definition) is 2. The van der Waals surface area contributed by atoms with Crippen LogP contribution in [-0.2, 0) is 14.3 Å². The van der Waals surface area contributed by atoms with Crippen LogP contribution in [0.15, 0.2) is 0 Å². The van der Waals surface area contributed by atoms with E-state index in [0.29, 0.717) is 12.3 Å². The molecule has 7 heteroatoms. The van der Waals surface area contributed by atoms with E-state index in [4.69, 9.17) is 0 Å². The number of rotatable bonds is 4. The van der Waals surface area contributed by atoms with E-state index in [-0.39, 0.29) is 17.9 Å². The summed E-state index contributed by atoms with van der Waals surface area (Å²) in [4.78, 5) is 36.6. The zero-order chi connectivity index (χ0) is 15.0. The minimum absolute atomic E-state index is 0.0179. The van der Waals surface area contributed by atoms with Crippen molar-refractivity contribution in [2.75, 3.05) is 7.11 Å². The summed E-state index contributed by atoms with van der Waals surface area (Å²) in [6.07, 6.45) is 0.684. The minimum atomic E-state index is -0.980. The van der Waals surface area contributed by atoms with Gasteiger partial charge in [0.2, 0.25) is 5.91 Å². The molecule has 1 saturated heterocycles. The molecule has 2 N–H and O–H groups in total. The Morgan fingerprint density at radius 2 is 1.95 bits per heavy atom. The summed E-state index contributed by atoms with van der Waals surface area (Å²) in [6.45, 7) is 3.60. The molecule has 7 nitrogen and oxygen atoms in total. The molecule has 2 aliphatic rings. The van der Waals surface area contributed by atoms with E-state index < -0.39 is 24.1 Å². The topological polar surface area (TPSA) is 95.9 Å². The third-order valence-corrected chi connectivity index (χ3v) is 4.04. The molecule has 2 amide bonds. The zero-order valence-corrected chi connectivity index (χ0v) is 11.8. The van der Waals surface area contributed by atoms with E-state index in [1.54, 1.807) is 13.8 Å². The highest BCUT2D eigenvalue weighted by atomic mass is 16.5. The number of methoxy groups -OCH3 is 1. The normalized spacial score (nSPS) is 28.8.